The summed E-state index contributed by atoms with van der Waals surface area (Å²) >= 11 is 0. The van der Waals surface area contributed by atoms with Gasteiger partial charge >= 0.3 is 6.03 Å². The summed E-state index contributed by atoms with van der Waals surface area (Å²) in [6, 6.07) is 9.85. The van der Waals surface area contributed by atoms with E-state index in [1.807, 2.05) is 17.9 Å². The van der Waals surface area contributed by atoms with Crippen molar-refractivity contribution in [1.82, 2.24) is 25.8 Å². The fourth-order valence-electron chi connectivity index (χ4n) is 5.17. The Morgan fingerprint density at radius 2 is 1.71 bits per heavy atom. The molecule has 4 amide bonds. The molecule has 2 aliphatic heterocycles. The van der Waals surface area contributed by atoms with Crippen molar-refractivity contribution in [3.05, 3.63) is 35.9 Å². The molecule has 35 heavy (non-hydrogen) atoms. The zero-order valence-electron chi connectivity index (χ0n) is 21.5. The lowest BCUT2D eigenvalue weighted by Gasteiger charge is -2.51. The summed E-state index contributed by atoms with van der Waals surface area (Å²) < 4.78 is 0. The number of hydrogen-bond acceptors (Lipinski definition) is 4. The Labute approximate surface area is 210 Å². The number of likely N-dealkylation sites (tertiary alicyclic amines) is 1. The second kappa shape index (κ2) is 13.5. The summed E-state index contributed by atoms with van der Waals surface area (Å²) in [5.41, 5.74) is 0.608. The van der Waals surface area contributed by atoms with Gasteiger partial charge in [0.25, 0.3) is 0 Å². The Morgan fingerprint density at radius 3 is 2.40 bits per heavy atom. The monoisotopic (exact) mass is 485 g/mol. The molecule has 0 unspecified atom stereocenters. The lowest BCUT2D eigenvalue weighted by Crippen LogP contribution is -2.72. The van der Waals surface area contributed by atoms with Crippen molar-refractivity contribution in [2.75, 3.05) is 39.3 Å². The molecule has 1 atom stereocenters. The fourth-order valence-corrected chi connectivity index (χ4v) is 5.17. The maximum Gasteiger partial charge on any atom is 0.314 e. The number of carbonyl (C=O) groups excluding carboxylic acids is 3. The zero-order valence-corrected chi connectivity index (χ0v) is 21.5. The smallest absolute Gasteiger partial charge is 0.314 e. The average molecular weight is 486 g/mol. The van der Waals surface area contributed by atoms with E-state index in [4.69, 9.17) is 0 Å². The highest BCUT2D eigenvalue weighted by molar-refractivity contribution is 6.00. The first-order chi connectivity index (χ1) is 17.0. The van der Waals surface area contributed by atoms with Gasteiger partial charge in [-0.05, 0) is 56.9 Å². The SMILES string of the molecule is CCCNC(=O)NCCCC[C@@H]1NC(=O)C2(CCN(CCc3ccccc3)CC2)N(CCC)C1=O. The first-order valence-electron chi connectivity index (χ1n) is 13.4. The Bertz CT molecular complexity index is 823. The molecule has 0 bridgehead atoms. The number of unbranched alkanes of at least 4 members (excludes halogenated alkanes) is 1. The van der Waals surface area contributed by atoms with Gasteiger partial charge in [0.05, 0.1) is 0 Å². The number of benzene rings is 1. The van der Waals surface area contributed by atoms with Crippen molar-refractivity contribution >= 4 is 17.8 Å². The lowest BCUT2D eigenvalue weighted by molar-refractivity contribution is -0.161. The predicted octanol–water partition coefficient (Wildman–Crippen LogP) is 2.68. The van der Waals surface area contributed by atoms with Crippen LogP contribution in [0.5, 0.6) is 0 Å². The number of urea groups is 1. The average Bonchev–Trinajstić information content (AvgIpc) is 2.88. The summed E-state index contributed by atoms with van der Waals surface area (Å²) in [6.07, 6.45) is 6.24. The van der Waals surface area contributed by atoms with Crippen LogP contribution in [-0.4, -0.2) is 78.5 Å². The molecule has 0 aliphatic carbocycles. The maximum absolute atomic E-state index is 13.4. The molecule has 2 heterocycles. The largest absolute Gasteiger partial charge is 0.342 e. The Hall–Kier alpha value is -2.61. The zero-order chi connectivity index (χ0) is 25.1. The normalized spacial score (nSPS) is 20.1. The van der Waals surface area contributed by atoms with E-state index >= 15 is 0 Å². The number of rotatable bonds is 12. The van der Waals surface area contributed by atoms with Crippen LogP contribution in [0.15, 0.2) is 30.3 Å². The van der Waals surface area contributed by atoms with Crippen molar-refractivity contribution in [2.45, 2.75) is 76.8 Å². The van der Waals surface area contributed by atoms with E-state index in [-0.39, 0.29) is 17.8 Å². The van der Waals surface area contributed by atoms with Crippen molar-refractivity contribution in [2.24, 2.45) is 0 Å². The second-order valence-electron chi connectivity index (χ2n) is 9.80. The van der Waals surface area contributed by atoms with E-state index < -0.39 is 11.6 Å². The number of hydrogen-bond donors (Lipinski definition) is 3. The third-order valence-corrected chi connectivity index (χ3v) is 7.24. The Balaban J connectivity index is 1.49. The van der Waals surface area contributed by atoms with Crippen LogP contribution in [0.2, 0.25) is 0 Å². The molecule has 2 saturated heterocycles. The highest BCUT2D eigenvalue weighted by Gasteiger charge is 2.52. The van der Waals surface area contributed by atoms with Gasteiger partial charge in [0.15, 0.2) is 0 Å². The molecule has 3 rings (SSSR count). The van der Waals surface area contributed by atoms with Crippen LogP contribution >= 0.6 is 0 Å². The number of piperidine rings is 1. The molecule has 0 radical (unpaired) electrons. The number of nitrogens with one attached hydrogen (secondary N) is 3. The highest BCUT2D eigenvalue weighted by Crippen LogP contribution is 2.34. The lowest BCUT2D eigenvalue weighted by atomic mass is 9.81. The fraction of sp³-hybridized carbons (Fsp3) is 0.667. The van der Waals surface area contributed by atoms with Crippen LogP contribution in [0.1, 0.15) is 64.4 Å². The van der Waals surface area contributed by atoms with Gasteiger partial charge in [-0.2, -0.15) is 0 Å². The Morgan fingerprint density at radius 1 is 1.00 bits per heavy atom. The molecule has 2 aliphatic rings. The van der Waals surface area contributed by atoms with Gasteiger partial charge < -0.3 is 25.8 Å². The minimum absolute atomic E-state index is 0.00956. The molecule has 3 N–H and O–H groups in total. The van der Waals surface area contributed by atoms with E-state index in [0.29, 0.717) is 38.9 Å². The predicted molar refractivity (Wildman–Crippen MR) is 138 cm³/mol. The third-order valence-electron chi connectivity index (χ3n) is 7.24. The first-order valence-corrected chi connectivity index (χ1v) is 13.4. The van der Waals surface area contributed by atoms with Crippen LogP contribution in [-0.2, 0) is 16.0 Å². The molecule has 0 saturated carbocycles. The molecular weight excluding hydrogens is 442 g/mol. The molecule has 1 spiro atoms. The van der Waals surface area contributed by atoms with Gasteiger partial charge in [0.1, 0.15) is 11.6 Å². The maximum atomic E-state index is 13.4. The topological polar surface area (TPSA) is 93.8 Å². The number of nitrogens with zero attached hydrogens (tertiary/aromatic N) is 2. The summed E-state index contributed by atoms with van der Waals surface area (Å²) in [5, 5.41) is 8.69. The van der Waals surface area contributed by atoms with Gasteiger partial charge in [-0.1, -0.05) is 44.2 Å². The molecule has 194 valence electrons. The molecule has 0 aromatic heterocycles. The molecule has 8 heteroatoms. The van der Waals surface area contributed by atoms with Crippen LogP contribution in [0, 0.1) is 0 Å². The summed E-state index contributed by atoms with van der Waals surface area (Å²) in [6.45, 7) is 8.53. The van der Waals surface area contributed by atoms with Crippen LogP contribution in [0.3, 0.4) is 0 Å². The molecule has 8 nitrogen and oxygen atoms in total. The van der Waals surface area contributed by atoms with Gasteiger partial charge in [-0.25, -0.2) is 4.79 Å². The summed E-state index contributed by atoms with van der Waals surface area (Å²) in [5.74, 6) is 0.0631. The van der Waals surface area contributed by atoms with Crippen LogP contribution in [0.4, 0.5) is 4.79 Å². The summed E-state index contributed by atoms with van der Waals surface area (Å²) in [4.78, 5) is 42.8. The molecule has 2 fully saturated rings. The van der Waals surface area contributed by atoms with Gasteiger partial charge in [-0.3, -0.25) is 9.59 Å². The van der Waals surface area contributed by atoms with Crippen molar-refractivity contribution in [1.29, 1.82) is 0 Å². The van der Waals surface area contributed by atoms with Gasteiger partial charge in [-0.15, -0.1) is 0 Å². The first kappa shape index (κ1) is 27.0. The molecule has 1 aromatic rings. The van der Waals surface area contributed by atoms with Crippen molar-refractivity contribution in [3.8, 4) is 0 Å². The second-order valence-corrected chi connectivity index (χ2v) is 9.80. The standard InChI is InChI=1S/C27H43N5O3/c1-3-16-28-26(35)29-17-9-8-12-23-24(33)32(18-4-2)27(25(34)30-23)14-20-31(21-15-27)19-13-22-10-6-5-7-11-22/h5-7,10-11,23H,3-4,8-9,12-21H2,1-2H3,(H,30,34)(H2,28,29,35)/t23-/m0/s1. The van der Waals surface area contributed by atoms with Gasteiger partial charge in [0, 0.05) is 39.3 Å². The van der Waals surface area contributed by atoms with E-state index in [0.717, 1.165) is 51.7 Å². The van der Waals surface area contributed by atoms with Crippen molar-refractivity contribution < 1.29 is 14.4 Å². The van der Waals surface area contributed by atoms with E-state index in [1.54, 1.807) is 0 Å². The highest BCUT2D eigenvalue weighted by atomic mass is 16.2. The van der Waals surface area contributed by atoms with Crippen LogP contribution in [0.25, 0.3) is 0 Å². The minimum atomic E-state index is -0.717. The number of piperazine rings is 1. The number of amides is 4. The van der Waals surface area contributed by atoms with Gasteiger partial charge in [0.2, 0.25) is 11.8 Å². The molecule has 1 aromatic carbocycles. The Kier molecular flexibility index (Phi) is 10.4. The van der Waals surface area contributed by atoms with Crippen LogP contribution < -0.4 is 16.0 Å². The minimum Gasteiger partial charge on any atom is -0.342 e. The van der Waals surface area contributed by atoms with E-state index in [2.05, 4.69) is 52.0 Å². The van der Waals surface area contributed by atoms with E-state index in [9.17, 15) is 14.4 Å². The number of carbonyl (C=O) groups is 3. The third kappa shape index (κ3) is 7.19. The summed E-state index contributed by atoms with van der Waals surface area (Å²) in [7, 11) is 0. The van der Waals surface area contributed by atoms with E-state index in [1.165, 1.54) is 5.56 Å². The molecular formula is C27H43N5O3. The van der Waals surface area contributed by atoms with Crippen molar-refractivity contribution in [3.63, 3.8) is 0 Å². The quantitative estimate of drug-likeness (QED) is 0.397.